The summed E-state index contributed by atoms with van der Waals surface area (Å²) in [5.74, 6) is 1.22. The number of fused-ring (bicyclic) bond motifs is 1. The van der Waals surface area contributed by atoms with Gasteiger partial charge in [-0.3, -0.25) is 4.79 Å². The van der Waals surface area contributed by atoms with E-state index in [4.69, 9.17) is 9.47 Å². The second kappa shape index (κ2) is 8.86. The van der Waals surface area contributed by atoms with Gasteiger partial charge in [0, 0.05) is 42.9 Å². The SMILES string of the molecule is O=C(Nc1ccc2c(c1)OCCCO2)C1CCN(C(=O)Nc2ccccc2)CC1. The Labute approximate surface area is 170 Å². The smallest absolute Gasteiger partial charge is 0.321 e. The lowest BCUT2D eigenvalue weighted by Crippen LogP contribution is -2.43. The molecule has 3 amide bonds. The molecule has 2 aliphatic rings. The summed E-state index contributed by atoms with van der Waals surface area (Å²) in [6.45, 7) is 2.35. The molecule has 7 nitrogen and oxygen atoms in total. The van der Waals surface area contributed by atoms with E-state index in [2.05, 4.69) is 10.6 Å². The first kappa shape index (κ1) is 19.1. The predicted octanol–water partition coefficient (Wildman–Crippen LogP) is 3.73. The van der Waals surface area contributed by atoms with Gasteiger partial charge in [0.2, 0.25) is 5.91 Å². The number of rotatable bonds is 3. The topological polar surface area (TPSA) is 79.9 Å². The molecule has 0 saturated carbocycles. The zero-order valence-corrected chi connectivity index (χ0v) is 16.2. The minimum absolute atomic E-state index is 0.0254. The quantitative estimate of drug-likeness (QED) is 0.830. The van der Waals surface area contributed by atoms with E-state index in [-0.39, 0.29) is 17.9 Å². The van der Waals surface area contributed by atoms with Crippen molar-refractivity contribution in [3.05, 3.63) is 48.5 Å². The lowest BCUT2D eigenvalue weighted by molar-refractivity contribution is -0.121. The Morgan fingerprint density at radius 3 is 2.34 bits per heavy atom. The number of carbonyl (C=O) groups is 2. The van der Waals surface area contributed by atoms with Gasteiger partial charge in [-0.15, -0.1) is 0 Å². The molecule has 4 rings (SSSR count). The van der Waals surface area contributed by atoms with Crippen LogP contribution in [0.2, 0.25) is 0 Å². The Bertz CT molecular complexity index is 864. The minimum Gasteiger partial charge on any atom is -0.490 e. The van der Waals surface area contributed by atoms with Gasteiger partial charge < -0.3 is 25.0 Å². The van der Waals surface area contributed by atoms with Crippen LogP contribution in [0, 0.1) is 5.92 Å². The van der Waals surface area contributed by atoms with E-state index in [1.807, 2.05) is 42.5 Å². The highest BCUT2D eigenvalue weighted by atomic mass is 16.5. The average molecular weight is 395 g/mol. The van der Waals surface area contributed by atoms with Crippen molar-refractivity contribution in [2.45, 2.75) is 19.3 Å². The maximum atomic E-state index is 12.7. The van der Waals surface area contributed by atoms with Crippen LogP contribution in [0.1, 0.15) is 19.3 Å². The van der Waals surface area contributed by atoms with Crippen LogP contribution in [0.3, 0.4) is 0 Å². The van der Waals surface area contributed by atoms with Crippen molar-refractivity contribution in [1.29, 1.82) is 0 Å². The number of ether oxygens (including phenoxy) is 2. The van der Waals surface area contributed by atoms with E-state index in [0.717, 1.165) is 12.1 Å². The van der Waals surface area contributed by atoms with E-state index in [1.54, 1.807) is 11.0 Å². The van der Waals surface area contributed by atoms with Gasteiger partial charge in [0.25, 0.3) is 0 Å². The highest BCUT2D eigenvalue weighted by Crippen LogP contribution is 2.32. The number of amides is 3. The lowest BCUT2D eigenvalue weighted by Gasteiger charge is -2.31. The molecule has 0 aromatic heterocycles. The van der Waals surface area contributed by atoms with Crippen molar-refractivity contribution < 1.29 is 19.1 Å². The molecule has 0 bridgehead atoms. The van der Waals surface area contributed by atoms with Crippen molar-refractivity contribution in [3.63, 3.8) is 0 Å². The Kier molecular flexibility index (Phi) is 5.84. The predicted molar refractivity (Wildman–Crippen MR) is 110 cm³/mol. The summed E-state index contributed by atoms with van der Waals surface area (Å²) in [5.41, 5.74) is 1.47. The number of carbonyl (C=O) groups excluding carboxylic acids is 2. The Morgan fingerprint density at radius 1 is 0.862 bits per heavy atom. The molecule has 1 fully saturated rings. The van der Waals surface area contributed by atoms with Crippen molar-refractivity contribution in [1.82, 2.24) is 4.90 Å². The Morgan fingerprint density at radius 2 is 1.59 bits per heavy atom. The van der Waals surface area contributed by atoms with Crippen LogP contribution in [0.4, 0.5) is 16.2 Å². The first-order valence-electron chi connectivity index (χ1n) is 10.0. The normalized spacial score (nSPS) is 16.6. The van der Waals surface area contributed by atoms with Crippen LogP contribution in [-0.2, 0) is 4.79 Å². The molecule has 0 unspecified atom stereocenters. The molecule has 0 spiro atoms. The van der Waals surface area contributed by atoms with Crippen molar-refractivity contribution >= 4 is 23.3 Å². The average Bonchev–Trinajstić information content (AvgIpc) is 2.99. The molecule has 1 saturated heterocycles. The number of hydrogen-bond donors (Lipinski definition) is 2. The van der Waals surface area contributed by atoms with Gasteiger partial charge in [0.1, 0.15) is 0 Å². The molecule has 2 aromatic rings. The molecule has 152 valence electrons. The molecule has 2 N–H and O–H groups in total. The van der Waals surface area contributed by atoms with E-state index < -0.39 is 0 Å². The summed E-state index contributed by atoms with van der Waals surface area (Å²) >= 11 is 0. The fourth-order valence-corrected chi connectivity index (χ4v) is 3.55. The molecule has 2 aliphatic heterocycles. The molecule has 0 atom stereocenters. The van der Waals surface area contributed by atoms with Crippen LogP contribution in [0.5, 0.6) is 11.5 Å². The second-order valence-corrected chi connectivity index (χ2v) is 7.26. The number of para-hydroxylation sites is 1. The van der Waals surface area contributed by atoms with E-state index >= 15 is 0 Å². The van der Waals surface area contributed by atoms with Gasteiger partial charge in [-0.1, -0.05) is 18.2 Å². The van der Waals surface area contributed by atoms with Gasteiger partial charge in [0.05, 0.1) is 13.2 Å². The van der Waals surface area contributed by atoms with Crippen molar-refractivity contribution in [2.24, 2.45) is 5.92 Å². The van der Waals surface area contributed by atoms with E-state index in [9.17, 15) is 9.59 Å². The van der Waals surface area contributed by atoms with Gasteiger partial charge in [0.15, 0.2) is 11.5 Å². The maximum absolute atomic E-state index is 12.7. The minimum atomic E-state index is -0.127. The van der Waals surface area contributed by atoms with Gasteiger partial charge in [-0.25, -0.2) is 4.79 Å². The van der Waals surface area contributed by atoms with Gasteiger partial charge in [-0.2, -0.15) is 0 Å². The largest absolute Gasteiger partial charge is 0.490 e. The zero-order chi connectivity index (χ0) is 20.1. The third-order valence-electron chi connectivity index (χ3n) is 5.19. The molecule has 2 aromatic carbocycles. The Balaban J connectivity index is 1.29. The number of urea groups is 1. The molecule has 29 heavy (non-hydrogen) atoms. The molecule has 2 heterocycles. The highest BCUT2D eigenvalue weighted by molar-refractivity contribution is 5.93. The number of benzene rings is 2. The first-order valence-corrected chi connectivity index (χ1v) is 10.0. The van der Waals surface area contributed by atoms with Crippen LogP contribution in [0.15, 0.2) is 48.5 Å². The summed E-state index contributed by atoms with van der Waals surface area (Å²) in [7, 11) is 0. The number of likely N-dealkylation sites (tertiary alicyclic amines) is 1. The van der Waals surface area contributed by atoms with Crippen LogP contribution >= 0.6 is 0 Å². The third kappa shape index (κ3) is 4.80. The lowest BCUT2D eigenvalue weighted by atomic mass is 9.96. The second-order valence-electron chi connectivity index (χ2n) is 7.26. The number of hydrogen-bond acceptors (Lipinski definition) is 4. The van der Waals surface area contributed by atoms with E-state index in [1.165, 1.54) is 0 Å². The fraction of sp³-hybridized carbons (Fsp3) is 0.364. The van der Waals surface area contributed by atoms with Crippen LogP contribution in [-0.4, -0.2) is 43.1 Å². The number of anilines is 2. The summed E-state index contributed by atoms with van der Waals surface area (Å²) in [4.78, 5) is 26.8. The van der Waals surface area contributed by atoms with Gasteiger partial charge in [-0.05, 0) is 37.1 Å². The monoisotopic (exact) mass is 395 g/mol. The number of piperidine rings is 1. The summed E-state index contributed by atoms with van der Waals surface area (Å²) < 4.78 is 11.3. The molecule has 0 aliphatic carbocycles. The zero-order valence-electron chi connectivity index (χ0n) is 16.2. The fourth-order valence-electron chi connectivity index (χ4n) is 3.55. The number of nitrogens with zero attached hydrogens (tertiary/aromatic N) is 1. The van der Waals surface area contributed by atoms with Gasteiger partial charge >= 0.3 is 6.03 Å². The molecular formula is C22H25N3O4. The van der Waals surface area contributed by atoms with Crippen molar-refractivity contribution in [3.8, 4) is 11.5 Å². The Hall–Kier alpha value is -3.22. The molecular weight excluding hydrogens is 370 g/mol. The van der Waals surface area contributed by atoms with Crippen molar-refractivity contribution in [2.75, 3.05) is 36.9 Å². The molecule has 0 radical (unpaired) electrons. The van der Waals surface area contributed by atoms with E-state index in [0.29, 0.717) is 56.3 Å². The van der Waals surface area contributed by atoms with Crippen LogP contribution < -0.4 is 20.1 Å². The summed E-state index contributed by atoms with van der Waals surface area (Å²) in [6.07, 6.45) is 2.12. The number of nitrogens with one attached hydrogen (secondary N) is 2. The summed E-state index contributed by atoms with van der Waals surface area (Å²) in [5, 5.41) is 5.86. The highest BCUT2D eigenvalue weighted by Gasteiger charge is 2.27. The van der Waals surface area contributed by atoms with Crippen LogP contribution in [0.25, 0.3) is 0 Å². The summed E-state index contributed by atoms with van der Waals surface area (Å²) in [6, 6.07) is 14.7. The first-order chi connectivity index (χ1) is 14.2. The molecule has 7 heteroatoms. The third-order valence-corrected chi connectivity index (χ3v) is 5.19. The standard InChI is InChI=1S/C22H25N3O4/c26-21(23-18-7-8-19-20(15-18)29-14-4-13-28-19)16-9-11-25(12-10-16)22(27)24-17-5-2-1-3-6-17/h1-3,5-8,15-16H,4,9-14H2,(H,23,26)(H,24,27). The maximum Gasteiger partial charge on any atom is 0.321 e.